The average Bonchev–Trinajstić information content (AvgIpc) is 2.71. The predicted octanol–water partition coefficient (Wildman–Crippen LogP) is 4.83. The molecular weight excluding hydrogens is 336 g/mol. The monoisotopic (exact) mass is 362 g/mol. The van der Waals surface area contributed by atoms with Crippen molar-refractivity contribution in [1.29, 1.82) is 0 Å². The zero-order chi connectivity index (χ0) is 19.1. The van der Waals surface area contributed by atoms with Gasteiger partial charge < -0.3 is 14.8 Å². The number of pyridine rings is 1. The van der Waals surface area contributed by atoms with E-state index in [-0.39, 0.29) is 6.04 Å². The Balaban J connectivity index is 1.66. The number of nitrogens with one attached hydrogen (secondary N) is 1. The van der Waals surface area contributed by atoms with Gasteiger partial charge in [-0.25, -0.2) is 0 Å². The highest BCUT2D eigenvalue weighted by atomic mass is 16.5. The third kappa shape index (κ3) is 5.08. The number of ether oxygens (including phenoxy) is 2. The summed E-state index contributed by atoms with van der Waals surface area (Å²) in [5.41, 5.74) is 4.79. The van der Waals surface area contributed by atoms with E-state index < -0.39 is 0 Å². The van der Waals surface area contributed by atoms with E-state index in [1.165, 1.54) is 11.1 Å². The van der Waals surface area contributed by atoms with Crippen molar-refractivity contribution in [2.45, 2.75) is 33.0 Å². The van der Waals surface area contributed by atoms with Crippen LogP contribution in [0.25, 0.3) is 0 Å². The Bertz CT molecular complexity index is 865. The first-order chi connectivity index (χ1) is 13.2. The van der Waals surface area contributed by atoms with Gasteiger partial charge in [0.15, 0.2) is 11.5 Å². The van der Waals surface area contributed by atoms with Crippen molar-refractivity contribution in [2.24, 2.45) is 0 Å². The molecule has 1 N–H and O–H groups in total. The molecule has 4 heteroatoms. The summed E-state index contributed by atoms with van der Waals surface area (Å²) < 4.78 is 11.4. The molecule has 0 aliphatic heterocycles. The third-order valence-electron chi connectivity index (χ3n) is 4.61. The molecule has 140 valence electrons. The average molecular weight is 362 g/mol. The zero-order valence-corrected chi connectivity index (χ0v) is 16.1. The second-order valence-corrected chi connectivity index (χ2v) is 6.59. The molecule has 2 aromatic carbocycles. The van der Waals surface area contributed by atoms with Gasteiger partial charge in [0.2, 0.25) is 0 Å². The molecule has 1 atom stereocenters. The molecule has 3 aromatic rings. The van der Waals surface area contributed by atoms with Crippen molar-refractivity contribution in [3.63, 3.8) is 0 Å². The smallest absolute Gasteiger partial charge is 0.161 e. The molecule has 0 amide bonds. The standard InChI is InChI=1S/C23H26N2O2/c1-17-7-4-5-9-21(17)18(2)25-15-19-10-11-22(26-3)23(13-19)27-16-20-8-6-12-24-14-20/h4-14,18,25H,15-16H2,1-3H3. The van der Waals surface area contributed by atoms with Gasteiger partial charge in [-0.05, 0) is 48.7 Å². The molecule has 0 radical (unpaired) electrons. The molecule has 27 heavy (non-hydrogen) atoms. The molecule has 1 aromatic heterocycles. The summed E-state index contributed by atoms with van der Waals surface area (Å²) in [5.74, 6) is 1.47. The number of rotatable bonds is 8. The summed E-state index contributed by atoms with van der Waals surface area (Å²) in [6.45, 7) is 5.54. The summed E-state index contributed by atoms with van der Waals surface area (Å²) in [7, 11) is 1.66. The lowest BCUT2D eigenvalue weighted by atomic mass is 10.0. The molecule has 1 unspecified atom stereocenters. The van der Waals surface area contributed by atoms with Crippen LogP contribution in [0.5, 0.6) is 11.5 Å². The fraction of sp³-hybridized carbons (Fsp3) is 0.261. The van der Waals surface area contributed by atoms with E-state index >= 15 is 0 Å². The molecule has 0 saturated heterocycles. The predicted molar refractivity (Wildman–Crippen MR) is 108 cm³/mol. The van der Waals surface area contributed by atoms with Gasteiger partial charge in [0.25, 0.3) is 0 Å². The normalized spacial score (nSPS) is 11.8. The Labute approximate surface area is 161 Å². The molecule has 0 bridgehead atoms. The summed E-state index contributed by atoms with van der Waals surface area (Å²) in [4.78, 5) is 4.12. The minimum atomic E-state index is 0.271. The number of hydrogen-bond acceptors (Lipinski definition) is 4. The van der Waals surface area contributed by atoms with Gasteiger partial charge in [0.05, 0.1) is 7.11 Å². The minimum Gasteiger partial charge on any atom is -0.493 e. The first-order valence-corrected chi connectivity index (χ1v) is 9.15. The van der Waals surface area contributed by atoms with Crippen LogP contribution in [0.15, 0.2) is 67.0 Å². The van der Waals surface area contributed by atoms with Crippen molar-refractivity contribution in [3.8, 4) is 11.5 Å². The van der Waals surface area contributed by atoms with Gasteiger partial charge >= 0.3 is 0 Å². The molecule has 0 aliphatic rings. The van der Waals surface area contributed by atoms with E-state index in [0.29, 0.717) is 6.61 Å². The van der Waals surface area contributed by atoms with Crippen LogP contribution in [0.3, 0.4) is 0 Å². The maximum atomic E-state index is 5.97. The highest BCUT2D eigenvalue weighted by Crippen LogP contribution is 2.29. The second kappa shape index (κ2) is 9.19. The maximum Gasteiger partial charge on any atom is 0.161 e. The van der Waals surface area contributed by atoms with Crippen molar-refractivity contribution >= 4 is 0 Å². The van der Waals surface area contributed by atoms with Gasteiger partial charge in [0.1, 0.15) is 6.61 Å². The van der Waals surface area contributed by atoms with Crippen LogP contribution in [0.2, 0.25) is 0 Å². The van der Waals surface area contributed by atoms with Crippen LogP contribution in [0.1, 0.15) is 35.2 Å². The molecule has 4 nitrogen and oxygen atoms in total. The highest BCUT2D eigenvalue weighted by molar-refractivity contribution is 5.43. The van der Waals surface area contributed by atoms with E-state index in [1.807, 2.05) is 30.5 Å². The van der Waals surface area contributed by atoms with Crippen LogP contribution in [-0.2, 0) is 13.2 Å². The number of nitrogens with zero attached hydrogens (tertiary/aromatic N) is 1. The summed E-state index contributed by atoms with van der Waals surface area (Å²) in [6.07, 6.45) is 3.56. The lowest BCUT2D eigenvalue weighted by molar-refractivity contribution is 0.283. The molecular formula is C23H26N2O2. The maximum absolute atomic E-state index is 5.97. The van der Waals surface area contributed by atoms with E-state index in [0.717, 1.165) is 29.2 Å². The van der Waals surface area contributed by atoms with E-state index in [1.54, 1.807) is 13.3 Å². The van der Waals surface area contributed by atoms with Crippen LogP contribution in [-0.4, -0.2) is 12.1 Å². The Morgan fingerprint density at radius 1 is 1.00 bits per heavy atom. The van der Waals surface area contributed by atoms with E-state index in [9.17, 15) is 0 Å². The molecule has 0 spiro atoms. The van der Waals surface area contributed by atoms with Gasteiger partial charge in [-0.3, -0.25) is 4.98 Å². The molecule has 1 heterocycles. The lowest BCUT2D eigenvalue weighted by Gasteiger charge is -2.17. The zero-order valence-electron chi connectivity index (χ0n) is 16.1. The molecule has 0 fully saturated rings. The Kier molecular flexibility index (Phi) is 6.44. The number of benzene rings is 2. The lowest BCUT2D eigenvalue weighted by Crippen LogP contribution is -2.19. The molecule has 3 rings (SSSR count). The topological polar surface area (TPSA) is 43.4 Å². The van der Waals surface area contributed by atoms with Gasteiger partial charge in [-0.15, -0.1) is 0 Å². The van der Waals surface area contributed by atoms with Crippen LogP contribution < -0.4 is 14.8 Å². The molecule has 0 saturated carbocycles. The van der Waals surface area contributed by atoms with Crippen LogP contribution in [0, 0.1) is 6.92 Å². The number of methoxy groups -OCH3 is 1. The summed E-state index contributed by atoms with van der Waals surface area (Å²) in [5, 5.41) is 3.59. The van der Waals surface area contributed by atoms with Crippen molar-refractivity contribution in [2.75, 3.05) is 7.11 Å². The van der Waals surface area contributed by atoms with Crippen LogP contribution >= 0.6 is 0 Å². The molecule has 0 aliphatic carbocycles. The van der Waals surface area contributed by atoms with Gasteiger partial charge in [-0.2, -0.15) is 0 Å². The first-order valence-electron chi connectivity index (χ1n) is 9.15. The first kappa shape index (κ1) is 18.9. The fourth-order valence-corrected chi connectivity index (χ4v) is 3.04. The highest BCUT2D eigenvalue weighted by Gasteiger charge is 2.10. The van der Waals surface area contributed by atoms with Crippen molar-refractivity contribution in [3.05, 3.63) is 89.2 Å². The quantitative estimate of drug-likeness (QED) is 0.623. The van der Waals surface area contributed by atoms with Crippen LogP contribution in [0.4, 0.5) is 0 Å². The number of aryl methyl sites for hydroxylation is 1. The number of hydrogen-bond donors (Lipinski definition) is 1. The van der Waals surface area contributed by atoms with E-state index in [4.69, 9.17) is 9.47 Å². The van der Waals surface area contributed by atoms with Crippen molar-refractivity contribution in [1.82, 2.24) is 10.3 Å². The van der Waals surface area contributed by atoms with Crippen molar-refractivity contribution < 1.29 is 9.47 Å². The number of aromatic nitrogens is 1. The Morgan fingerprint density at radius 3 is 2.59 bits per heavy atom. The minimum absolute atomic E-state index is 0.271. The van der Waals surface area contributed by atoms with Gasteiger partial charge in [-0.1, -0.05) is 36.4 Å². The third-order valence-corrected chi connectivity index (χ3v) is 4.61. The SMILES string of the molecule is COc1ccc(CNC(C)c2ccccc2C)cc1OCc1cccnc1. The Hall–Kier alpha value is -2.85. The van der Waals surface area contributed by atoms with Gasteiger partial charge in [0, 0.05) is 30.5 Å². The largest absolute Gasteiger partial charge is 0.493 e. The summed E-state index contributed by atoms with van der Waals surface area (Å²) in [6, 6.07) is 18.7. The Morgan fingerprint density at radius 2 is 1.85 bits per heavy atom. The summed E-state index contributed by atoms with van der Waals surface area (Å²) >= 11 is 0. The fourth-order valence-electron chi connectivity index (χ4n) is 3.04. The second-order valence-electron chi connectivity index (χ2n) is 6.59. The van der Waals surface area contributed by atoms with E-state index in [2.05, 4.69) is 54.5 Å².